The highest BCUT2D eigenvalue weighted by atomic mass is 16.5. The van der Waals surface area contributed by atoms with Crippen molar-refractivity contribution in [1.29, 1.82) is 0 Å². The van der Waals surface area contributed by atoms with Crippen molar-refractivity contribution in [2.24, 2.45) is 11.8 Å². The highest BCUT2D eigenvalue weighted by Crippen LogP contribution is 2.41. The van der Waals surface area contributed by atoms with Gasteiger partial charge in [0.2, 0.25) is 11.8 Å². The molecule has 7 heteroatoms. The summed E-state index contributed by atoms with van der Waals surface area (Å²) in [5.41, 5.74) is 1.05. The summed E-state index contributed by atoms with van der Waals surface area (Å²) in [6.45, 7) is 0. The molecule has 1 N–H and O–H groups in total. The summed E-state index contributed by atoms with van der Waals surface area (Å²) >= 11 is 0. The van der Waals surface area contributed by atoms with Crippen LogP contribution in [0.25, 0.3) is 0 Å². The number of rotatable bonds is 5. The van der Waals surface area contributed by atoms with Crippen LogP contribution in [-0.4, -0.2) is 31.9 Å². The molecule has 2 aromatic rings. The Hall–Kier alpha value is -3.35. The molecule has 0 spiro atoms. The van der Waals surface area contributed by atoms with Gasteiger partial charge in [-0.2, -0.15) is 0 Å². The Kier molecular flexibility index (Phi) is 5.44. The Morgan fingerprint density at radius 1 is 0.967 bits per heavy atom. The number of para-hydroxylation sites is 1. The minimum atomic E-state index is -0.426. The summed E-state index contributed by atoms with van der Waals surface area (Å²) in [6.07, 6.45) is 3.35. The predicted molar refractivity (Wildman–Crippen MR) is 112 cm³/mol. The van der Waals surface area contributed by atoms with Gasteiger partial charge in [-0.25, -0.2) is 4.90 Å². The highest BCUT2D eigenvalue weighted by Gasteiger charge is 2.49. The smallest absolute Gasteiger partial charge is 0.257 e. The third-order valence-electron chi connectivity index (χ3n) is 5.89. The third-order valence-corrected chi connectivity index (χ3v) is 5.89. The molecule has 1 aliphatic carbocycles. The number of ether oxygens (including phenoxy) is 2. The van der Waals surface area contributed by atoms with Crippen LogP contribution in [-0.2, 0) is 9.59 Å². The molecule has 1 heterocycles. The normalized spacial score (nSPS) is 20.7. The largest absolute Gasteiger partial charge is 0.497 e. The molecule has 1 saturated carbocycles. The first-order chi connectivity index (χ1) is 14.5. The number of nitrogens with one attached hydrogen (secondary N) is 1. The zero-order valence-electron chi connectivity index (χ0n) is 17.0. The van der Waals surface area contributed by atoms with E-state index >= 15 is 0 Å². The first kappa shape index (κ1) is 19.9. The number of amides is 3. The number of fused-ring (bicyclic) bond motifs is 1. The molecule has 3 amide bonds. The van der Waals surface area contributed by atoms with Crippen LogP contribution < -0.4 is 19.7 Å². The first-order valence-electron chi connectivity index (χ1n) is 10.1. The van der Waals surface area contributed by atoms with Crippen molar-refractivity contribution in [3.05, 3.63) is 48.0 Å². The Morgan fingerprint density at radius 2 is 1.63 bits per heavy atom. The summed E-state index contributed by atoms with van der Waals surface area (Å²) < 4.78 is 10.5. The SMILES string of the molecule is COc1ccc(NC(=O)c2ccccc2N2C(=O)[C@@H]3CCCC[C@H]3C2=O)c(OC)c1. The van der Waals surface area contributed by atoms with Crippen LogP contribution in [0, 0.1) is 11.8 Å². The van der Waals surface area contributed by atoms with Crippen LogP contribution in [0.15, 0.2) is 42.5 Å². The fourth-order valence-electron chi connectivity index (χ4n) is 4.35. The van der Waals surface area contributed by atoms with Gasteiger partial charge in [0.1, 0.15) is 11.5 Å². The molecule has 0 radical (unpaired) electrons. The van der Waals surface area contributed by atoms with Crippen molar-refractivity contribution in [2.75, 3.05) is 24.4 Å². The Labute approximate surface area is 175 Å². The lowest BCUT2D eigenvalue weighted by atomic mass is 9.81. The number of benzene rings is 2. The van der Waals surface area contributed by atoms with Crippen LogP contribution >= 0.6 is 0 Å². The van der Waals surface area contributed by atoms with Crippen LogP contribution in [0.4, 0.5) is 11.4 Å². The van der Waals surface area contributed by atoms with E-state index in [1.807, 2.05) is 0 Å². The maximum atomic E-state index is 13.1. The molecule has 7 nitrogen and oxygen atoms in total. The van der Waals surface area contributed by atoms with E-state index in [9.17, 15) is 14.4 Å². The van der Waals surface area contributed by atoms with Crippen molar-refractivity contribution < 1.29 is 23.9 Å². The highest BCUT2D eigenvalue weighted by molar-refractivity contribution is 6.24. The van der Waals surface area contributed by atoms with Gasteiger partial charge < -0.3 is 14.8 Å². The number of anilines is 2. The van der Waals surface area contributed by atoms with Crippen molar-refractivity contribution >= 4 is 29.1 Å². The molecule has 2 aliphatic rings. The van der Waals surface area contributed by atoms with Crippen LogP contribution in [0.3, 0.4) is 0 Å². The molecule has 2 aromatic carbocycles. The molecule has 30 heavy (non-hydrogen) atoms. The molecule has 0 bridgehead atoms. The van der Waals surface area contributed by atoms with E-state index in [1.165, 1.54) is 12.0 Å². The second-order valence-electron chi connectivity index (χ2n) is 7.55. The Morgan fingerprint density at radius 3 is 2.27 bits per heavy atom. The Balaban J connectivity index is 1.65. The lowest BCUT2D eigenvalue weighted by Gasteiger charge is -2.19. The number of carbonyl (C=O) groups excluding carboxylic acids is 3. The average Bonchev–Trinajstić information content (AvgIpc) is 3.04. The Bertz CT molecular complexity index is 979. The van der Waals surface area contributed by atoms with E-state index in [0.717, 1.165) is 25.7 Å². The van der Waals surface area contributed by atoms with E-state index in [-0.39, 0.29) is 29.2 Å². The van der Waals surface area contributed by atoms with E-state index in [1.54, 1.807) is 49.6 Å². The zero-order chi connectivity index (χ0) is 21.3. The number of nitrogens with zero attached hydrogens (tertiary/aromatic N) is 1. The average molecular weight is 408 g/mol. The quantitative estimate of drug-likeness (QED) is 0.764. The fraction of sp³-hybridized carbons (Fsp3) is 0.348. The van der Waals surface area contributed by atoms with E-state index in [4.69, 9.17) is 9.47 Å². The van der Waals surface area contributed by atoms with Gasteiger partial charge in [0.25, 0.3) is 5.91 Å². The first-order valence-corrected chi connectivity index (χ1v) is 10.1. The summed E-state index contributed by atoms with van der Waals surface area (Å²) in [5.74, 6) is -0.336. The van der Waals surface area contributed by atoms with Gasteiger partial charge in [0.15, 0.2) is 0 Å². The van der Waals surface area contributed by atoms with Crippen LogP contribution in [0.1, 0.15) is 36.0 Å². The molecule has 4 rings (SSSR count). The lowest BCUT2D eigenvalue weighted by Crippen LogP contribution is -2.32. The van der Waals surface area contributed by atoms with Gasteiger partial charge in [0, 0.05) is 6.07 Å². The summed E-state index contributed by atoms with van der Waals surface area (Å²) in [5, 5.41) is 2.82. The van der Waals surface area contributed by atoms with Crippen molar-refractivity contribution in [3.8, 4) is 11.5 Å². The monoisotopic (exact) mass is 408 g/mol. The van der Waals surface area contributed by atoms with E-state index < -0.39 is 5.91 Å². The maximum absolute atomic E-state index is 13.1. The standard InChI is InChI=1S/C23H24N2O5/c1-29-14-11-12-18(20(13-14)30-2)24-21(26)17-9-5-6-10-19(17)25-22(27)15-7-3-4-8-16(15)23(25)28/h5-6,9-13,15-16H,3-4,7-8H2,1-2H3,(H,24,26)/t15-,16-/m1/s1. The molecule has 0 unspecified atom stereocenters. The molecule has 1 aliphatic heterocycles. The van der Waals surface area contributed by atoms with Gasteiger partial charge in [-0.05, 0) is 37.1 Å². The summed E-state index contributed by atoms with van der Waals surface area (Å²) in [4.78, 5) is 40.3. The van der Waals surface area contributed by atoms with Gasteiger partial charge in [0.05, 0.1) is 43.0 Å². The molecule has 1 saturated heterocycles. The molecule has 0 aromatic heterocycles. The van der Waals surface area contributed by atoms with Gasteiger partial charge in [-0.3, -0.25) is 14.4 Å². The number of imide groups is 1. The minimum Gasteiger partial charge on any atom is -0.497 e. The number of hydrogen-bond acceptors (Lipinski definition) is 5. The van der Waals surface area contributed by atoms with Gasteiger partial charge in [-0.15, -0.1) is 0 Å². The number of methoxy groups -OCH3 is 2. The van der Waals surface area contributed by atoms with E-state index in [0.29, 0.717) is 22.9 Å². The summed E-state index contributed by atoms with van der Waals surface area (Å²) in [7, 11) is 3.05. The van der Waals surface area contributed by atoms with E-state index in [2.05, 4.69) is 5.32 Å². The maximum Gasteiger partial charge on any atom is 0.257 e. The number of hydrogen-bond donors (Lipinski definition) is 1. The van der Waals surface area contributed by atoms with Crippen LogP contribution in [0.5, 0.6) is 11.5 Å². The minimum absolute atomic E-state index is 0.202. The van der Waals surface area contributed by atoms with Gasteiger partial charge in [-0.1, -0.05) is 25.0 Å². The fourth-order valence-corrected chi connectivity index (χ4v) is 4.35. The topological polar surface area (TPSA) is 84.9 Å². The van der Waals surface area contributed by atoms with Crippen LogP contribution in [0.2, 0.25) is 0 Å². The van der Waals surface area contributed by atoms with Gasteiger partial charge >= 0.3 is 0 Å². The second kappa shape index (κ2) is 8.18. The zero-order valence-corrected chi connectivity index (χ0v) is 17.0. The third kappa shape index (κ3) is 3.40. The lowest BCUT2D eigenvalue weighted by molar-refractivity contribution is -0.122. The second-order valence-corrected chi connectivity index (χ2v) is 7.55. The molecule has 156 valence electrons. The molecular formula is C23H24N2O5. The van der Waals surface area contributed by atoms with Crippen molar-refractivity contribution in [1.82, 2.24) is 0 Å². The van der Waals surface area contributed by atoms with Crippen molar-refractivity contribution in [3.63, 3.8) is 0 Å². The molecule has 2 atom stereocenters. The predicted octanol–water partition coefficient (Wildman–Crippen LogP) is 3.64. The molecular weight excluding hydrogens is 384 g/mol. The number of carbonyl (C=O) groups is 3. The molecule has 2 fully saturated rings. The summed E-state index contributed by atoms with van der Waals surface area (Å²) in [6, 6.07) is 11.8. The van der Waals surface area contributed by atoms with Crippen molar-refractivity contribution in [2.45, 2.75) is 25.7 Å².